The van der Waals surface area contributed by atoms with E-state index in [1.165, 1.54) is 0 Å². The van der Waals surface area contributed by atoms with Gasteiger partial charge in [-0.15, -0.1) is 0 Å². The molecule has 2 rings (SSSR count). The van der Waals surface area contributed by atoms with Gasteiger partial charge < -0.3 is 19.9 Å². The van der Waals surface area contributed by atoms with Crippen molar-refractivity contribution in [2.45, 2.75) is 38.8 Å². The molecule has 112 valence electrons. The minimum absolute atomic E-state index is 0.00621. The van der Waals surface area contributed by atoms with E-state index in [0.29, 0.717) is 19.5 Å². The summed E-state index contributed by atoms with van der Waals surface area (Å²) >= 11 is 0. The van der Waals surface area contributed by atoms with Crippen molar-refractivity contribution in [3.05, 3.63) is 17.5 Å². The molecule has 1 aromatic rings. The second-order valence-electron chi connectivity index (χ2n) is 6.10. The predicted molar refractivity (Wildman–Crippen MR) is 74.1 cm³/mol. The standard InChI is InChI=1S/C14H23N3O3/c1-9-5-11(20-16-9)6-10-7-17(8-12(10)19-4)13(18)14(2,3)15/h5,10,12H,6-8,15H2,1-4H3/t10-,12+/m1/s1. The summed E-state index contributed by atoms with van der Waals surface area (Å²) in [5.74, 6) is 0.991. The molecular formula is C14H23N3O3. The molecular weight excluding hydrogens is 258 g/mol. The molecule has 1 saturated heterocycles. The van der Waals surface area contributed by atoms with Crippen molar-refractivity contribution in [2.24, 2.45) is 11.7 Å². The zero-order valence-electron chi connectivity index (χ0n) is 12.5. The molecule has 2 heterocycles. The Morgan fingerprint density at radius 1 is 1.60 bits per heavy atom. The number of hydrogen-bond acceptors (Lipinski definition) is 5. The Balaban J connectivity index is 2.05. The molecule has 0 radical (unpaired) electrons. The Hall–Kier alpha value is -1.40. The maximum atomic E-state index is 12.2. The van der Waals surface area contributed by atoms with Crippen molar-refractivity contribution in [3.8, 4) is 0 Å². The molecule has 2 atom stereocenters. The number of aromatic nitrogens is 1. The van der Waals surface area contributed by atoms with Crippen LogP contribution in [0.4, 0.5) is 0 Å². The number of aryl methyl sites for hydroxylation is 1. The lowest BCUT2D eigenvalue weighted by atomic mass is 10.0. The van der Waals surface area contributed by atoms with Gasteiger partial charge in [-0.3, -0.25) is 4.79 Å². The van der Waals surface area contributed by atoms with Crippen LogP contribution in [-0.2, 0) is 16.0 Å². The Kier molecular flexibility index (Phi) is 4.15. The van der Waals surface area contributed by atoms with Gasteiger partial charge >= 0.3 is 0 Å². The monoisotopic (exact) mass is 281 g/mol. The highest BCUT2D eigenvalue weighted by Crippen LogP contribution is 2.25. The number of amides is 1. The Morgan fingerprint density at radius 2 is 2.30 bits per heavy atom. The van der Waals surface area contributed by atoms with E-state index in [9.17, 15) is 4.79 Å². The van der Waals surface area contributed by atoms with Crippen LogP contribution in [0.1, 0.15) is 25.3 Å². The highest BCUT2D eigenvalue weighted by molar-refractivity contribution is 5.85. The van der Waals surface area contributed by atoms with Crippen LogP contribution in [0.25, 0.3) is 0 Å². The number of likely N-dealkylation sites (tertiary alicyclic amines) is 1. The number of nitrogens with zero attached hydrogens (tertiary/aromatic N) is 2. The van der Waals surface area contributed by atoms with Gasteiger partial charge in [0.2, 0.25) is 5.91 Å². The summed E-state index contributed by atoms with van der Waals surface area (Å²) in [6.45, 7) is 6.56. The maximum absolute atomic E-state index is 12.2. The average Bonchev–Trinajstić information content (AvgIpc) is 2.94. The molecule has 0 aliphatic carbocycles. The van der Waals surface area contributed by atoms with Crippen LogP contribution in [0.3, 0.4) is 0 Å². The summed E-state index contributed by atoms with van der Waals surface area (Å²) in [5, 5.41) is 3.89. The lowest BCUT2D eigenvalue weighted by molar-refractivity contribution is -0.135. The fraction of sp³-hybridized carbons (Fsp3) is 0.714. The number of ether oxygens (including phenoxy) is 1. The lowest BCUT2D eigenvalue weighted by Gasteiger charge is -2.25. The SMILES string of the molecule is CO[C@H]1CN(C(=O)C(C)(C)N)C[C@H]1Cc1cc(C)no1. The second kappa shape index (κ2) is 5.54. The summed E-state index contributed by atoms with van der Waals surface area (Å²) in [7, 11) is 1.67. The molecule has 1 amide bonds. The van der Waals surface area contributed by atoms with Gasteiger partial charge in [0.1, 0.15) is 5.76 Å². The van der Waals surface area contributed by atoms with E-state index < -0.39 is 5.54 Å². The van der Waals surface area contributed by atoms with Crippen molar-refractivity contribution in [3.63, 3.8) is 0 Å². The largest absolute Gasteiger partial charge is 0.379 e. The van der Waals surface area contributed by atoms with E-state index in [0.717, 1.165) is 11.5 Å². The van der Waals surface area contributed by atoms with Crippen LogP contribution >= 0.6 is 0 Å². The van der Waals surface area contributed by atoms with E-state index in [2.05, 4.69) is 5.16 Å². The molecule has 0 aromatic carbocycles. The molecule has 1 fully saturated rings. The third-order valence-corrected chi connectivity index (χ3v) is 3.66. The van der Waals surface area contributed by atoms with Crippen LogP contribution in [0.5, 0.6) is 0 Å². The molecule has 20 heavy (non-hydrogen) atoms. The van der Waals surface area contributed by atoms with Gasteiger partial charge in [-0.25, -0.2) is 0 Å². The smallest absolute Gasteiger partial charge is 0.242 e. The number of nitrogens with two attached hydrogens (primary N) is 1. The molecule has 0 spiro atoms. The van der Waals surface area contributed by atoms with Crippen LogP contribution in [-0.4, -0.2) is 47.8 Å². The highest BCUT2D eigenvalue weighted by atomic mass is 16.5. The van der Waals surface area contributed by atoms with Gasteiger partial charge in [0.15, 0.2) is 0 Å². The second-order valence-corrected chi connectivity index (χ2v) is 6.10. The number of methoxy groups -OCH3 is 1. The number of carbonyl (C=O) groups is 1. The first-order valence-electron chi connectivity index (χ1n) is 6.84. The molecule has 0 saturated carbocycles. The summed E-state index contributed by atoms with van der Waals surface area (Å²) in [4.78, 5) is 14.0. The molecule has 0 bridgehead atoms. The summed E-state index contributed by atoms with van der Waals surface area (Å²) in [5.41, 5.74) is 5.90. The first kappa shape index (κ1) is 15.0. The zero-order valence-corrected chi connectivity index (χ0v) is 12.5. The van der Waals surface area contributed by atoms with Crippen molar-refractivity contribution in [1.29, 1.82) is 0 Å². The molecule has 6 heteroatoms. The lowest BCUT2D eigenvalue weighted by Crippen LogP contribution is -2.50. The quantitative estimate of drug-likeness (QED) is 0.880. The third kappa shape index (κ3) is 3.19. The average molecular weight is 281 g/mol. The van der Waals surface area contributed by atoms with Crippen LogP contribution < -0.4 is 5.73 Å². The zero-order chi connectivity index (χ0) is 14.9. The van der Waals surface area contributed by atoms with E-state index in [1.54, 1.807) is 25.9 Å². The van der Waals surface area contributed by atoms with Crippen molar-refractivity contribution < 1.29 is 14.1 Å². The topological polar surface area (TPSA) is 81.6 Å². The summed E-state index contributed by atoms with van der Waals surface area (Å²) < 4.78 is 10.7. The van der Waals surface area contributed by atoms with E-state index >= 15 is 0 Å². The van der Waals surface area contributed by atoms with Gasteiger partial charge in [-0.2, -0.15) is 0 Å². The van der Waals surface area contributed by atoms with Gasteiger partial charge in [-0.05, 0) is 20.8 Å². The van der Waals surface area contributed by atoms with E-state index in [-0.39, 0.29) is 17.9 Å². The number of carbonyl (C=O) groups excluding carboxylic acids is 1. The van der Waals surface area contributed by atoms with Crippen molar-refractivity contribution >= 4 is 5.91 Å². The first-order valence-corrected chi connectivity index (χ1v) is 6.84. The Morgan fingerprint density at radius 3 is 2.80 bits per heavy atom. The van der Waals surface area contributed by atoms with Crippen LogP contribution in [0, 0.1) is 12.8 Å². The highest BCUT2D eigenvalue weighted by Gasteiger charge is 2.39. The minimum atomic E-state index is -0.851. The Bertz CT molecular complexity index is 478. The minimum Gasteiger partial charge on any atom is -0.379 e. The fourth-order valence-corrected chi connectivity index (χ4v) is 2.65. The normalized spacial score (nSPS) is 23.4. The maximum Gasteiger partial charge on any atom is 0.242 e. The van der Waals surface area contributed by atoms with E-state index in [4.69, 9.17) is 15.0 Å². The molecule has 2 N–H and O–H groups in total. The molecule has 1 aromatic heterocycles. The van der Waals surface area contributed by atoms with Gasteiger partial charge in [0.25, 0.3) is 0 Å². The third-order valence-electron chi connectivity index (χ3n) is 3.66. The predicted octanol–water partition coefficient (Wildman–Crippen LogP) is 0.736. The Labute approximate surface area is 119 Å². The molecule has 6 nitrogen and oxygen atoms in total. The summed E-state index contributed by atoms with van der Waals surface area (Å²) in [6, 6.07) is 1.92. The molecule has 0 unspecified atom stereocenters. The fourth-order valence-electron chi connectivity index (χ4n) is 2.65. The van der Waals surface area contributed by atoms with Gasteiger partial charge in [0.05, 0.1) is 17.3 Å². The molecule has 1 aliphatic heterocycles. The first-order chi connectivity index (χ1) is 9.31. The van der Waals surface area contributed by atoms with Crippen LogP contribution in [0.2, 0.25) is 0 Å². The molecule has 1 aliphatic rings. The van der Waals surface area contributed by atoms with Crippen molar-refractivity contribution in [2.75, 3.05) is 20.2 Å². The van der Waals surface area contributed by atoms with E-state index in [1.807, 2.05) is 13.0 Å². The summed E-state index contributed by atoms with van der Waals surface area (Å²) in [6.07, 6.45) is 0.723. The van der Waals surface area contributed by atoms with Gasteiger partial charge in [-0.1, -0.05) is 5.16 Å². The van der Waals surface area contributed by atoms with Crippen LogP contribution in [0.15, 0.2) is 10.6 Å². The van der Waals surface area contributed by atoms with Crippen molar-refractivity contribution in [1.82, 2.24) is 10.1 Å². The number of hydrogen-bond donors (Lipinski definition) is 1. The number of rotatable bonds is 4. The van der Waals surface area contributed by atoms with Gasteiger partial charge in [0, 0.05) is 38.6 Å².